The minimum absolute atomic E-state index is 0.00810. The Morgan fingerprint density at radius 3 is 2.83 bits per heavy atom. The smallest absolute Gasteiger partial charge is 0.234 e. The van der Waals surface area contributed by atoms with E-state index in [4.69, 9.17) is 0 Å². The van der Waals surface area contributed by atoms with Crippen LogP contribution >= 0.6 is 23.1 Å². The molecule has 0 saturated heterocycles. The van der Waals surface area contributed by atoms with E-state index in [1.54, 1.807) is 11.3 Å². The fourth-order valence-corrected chi connectivity index (χ4v) is 5.52. The van der Waals surface area contributed by atoms with Gasteiger partial charge in [-0.1, -0.05) is 56.1 Å². The molecule has 0 unspecified atom stereocenters. The molecule has 0 spiro atoms. The molecule has 0 atom stereocenters. The van der Waals surface area contributed by atoms with Gasteiger partial charge >= 0.3 is 0 Å². The summed E-state index contributed by atoms with van der Waals surface area (Å²) in [5, 5.41) is 15.0. The molecule has 0 bridgehead atoms. The lowest BCUT2D eigenvalue weighted by atomic mass is 9.95. The highest BCUT2D eigenvalue weighted by molar-refractivity contribution is 7.99. The average Bonchev–Trinajstić information content (AvgIpc) is 3.43. The lowest BCUT2D eigenvalue weighted by Crippen LogP contribution is -2.18. The van der Waals surface area contributed by atoms with Gasteiger partial charge in [0.25, 0.3) is 0 Å². The van der Waals surface area contributed by atoms with Crippen molar-refractivity contribution in [1.82, 2.24) is 14.8 Å². The highest BCUT2D eigenvalue weighted by Crippen LogP contribution is 2.33. The zero-order chi connectivity index (χ0) is 20.8. The predicted molar refractivity (Wildman–Crippen MR) is 124 cm³/mol. The molecule has 1 aliphatic carbocycles. The Kier molecular flexibility index (Phi) is 7.23. The Morgan fingerprint density at radius 2 is 2.07 bits per heavy atom. The molecule has 0 radical (unpaired) electrons. The maximum Gasteiger partial charge on any atom is 0.234 e. The third-order valence-corrected chi connectivity index (χ3v) is 7.36. The van der Waals surface area contributed by atoms with E-state index in [-0.39, 0.29) is 5.91 Å². The Balaban J connectivity index is 1.45. The van der Waals surface area contributed by atoms with Crippen LogP contribution in [0.1, 0.15) is 61.3 Å². The zero-order valence-corrected chi connectivity index (χ0v) is 19.0. The van der Waals surface area contributed by atoms with E-state index in [9.17, 15) is 4.79 Å². The van der Waals surface area contributed by atoms with Crippen molar-refractivity contribution in [2.75, 3.05) is 11.1 Å². The highest BCUT2D eigenvalue weighted by Gasteiger charge is 2.23. The zero-order valence-electron chi connectivity index (χ0n) is 17.3. The van der Waals surface area contributed by atoms with Crippen LogP contribution in [-0.2, 0) is 17.6 Å². The van der Waals surface area contributed by atoms with Gasteiger partial charge in [-0.2, -0.15) is 0 Å². The lowest BCUT2D eigenvalue weighted by Gasteiger charge is -2.25. The summed E-state index contributed by atoms with van der Waals surface area (Å²) >= 11 is 3.24. The van der Waals surface area contributed by atoms with Crippen molar-refractivity contribution in [2.24, 2.45) is 0 Å². The number of thioether (sulfide) groups is 1. The number of rotatable bonds is 8. The van der Waals surface area contributed by atoms with Gasteiger partial charge in [0.1, 0.15) is 5.82 Å². The molecule has 2 aromatic heterocycles. The van der Waals surface area contributed by atoms with Crippen molar-refractivity contribution in [2.45, 2.75) is 63.1 Å². The quantitative estimate of drug-likeness (QED) is 0.455. The summed E-state index contributed by atoms with van der Waals surface area (Å²) in [6.45, 7) is 2.11. The topological polar surface area (TPSA) is 59.8 Å². The number of nitrogens with zero attached hydrogens (tertiary/aromatic N) is 3. The van der Waals surface area contributed by atoms with Gasteiger partial charge in [-0.25, -0.2) is 0 Å². The van der Waals surface area contributed by atoms with Gasteiger partial charge in [0.05, 0.1) is 5.75 Å². The van der Waals surface area contributed by atoms with Crippen LogP contribution in [0.3, 0.4) is 0 Å². The van der Waals surface area contributed by atoms with Crippen LogP contribution in [0.2, 0.25) is 0 Å². The number of aryl methyl sites for hydroxylation is 1. The largest absolute Gasteiger partial charge is 0.325 e. The van der Waals surface area contributed by atoms with E-state index in [0.717, 1.165) is 29.5 Å². The van der Waals surface area contributed by atoms with Crippen LogP contribution in [0.4, 0.5) is 5.69 Å². The summed E-state index contributed by atoms with van der Waals surface area (Å²) in [5.41, 5.74) is 2.07. The van der Waals surface area contributed by atoms with E-state index in [1.165, 1.54) is 54.3 Å². The summed E-state index contributed by atoms with van der Waals surface area (Å²) < 4.78 is 2.31. The molecule has 0 aliphatic heterocycles. The van der Waals surface area contributed by atoms with Gasteiger partial charge in [-0.15, -0.1) is 21.5 Å². The molecule has 7 heteroatoms. The van der Waals surface area contributed by atoms with Gasteiger partial charge in [0.2, 0.25) is 5.91 Å². The van der Waals surface area contributed by atoms with Crippen LogP contribution in [0, 0.1) is 0 Å². The average molecular weight is 441 g/mol. The number of nitrogens with one attached hydrogen (secondary N) is 1. The van der Waals surface area contributed by atoms with Crippen molar-refractivity contribution in [3.05, 3.63) is 58.0 Å². The monoisotopic (exact) mass is 440 g/mol. The standard InChI is InChI=1S/C23H28N4OS2/c1-2-17-8-6-9-18(14-17)24-22(28)16-30-23-26-25-21(15-20-12-7-13-29-20)27(23)19-10-4-3-5-11-19/h6-9,12-14,19H,2-5,10-11,15-16H2,1H3,(H,24,28). The van der Waals surface area contributed by atoms with Gasteiger partial charge < -0.3 is 9.88 Å². The lowest BCUT2D eigenvalue weighted by molar-refractivity contribution is -0.113. The molecule has 158 valence electrons. The van der Waals surface area contributed by atoms with Crippen LogP contribution in [0.25, 0.3) is 0 Å². The molecule has 3 aromatic rings. The Hall–Kier alpha value is -2.12. The molecule has 1 saturated carbocycles. The maximum atomic E-state index is 12.5. The van der Waals surface area contributed by atoms with Crippen molar-refractivity contribution in [3.8, 4) is 0 Å². The molecular formula is C23H28N4OS2. The predicted octanol–water partition coefficient (Wildman–Crippen LogP) is 5.73. The van der Waals surface area contributed by atoms with E-state index in [1.807, 2.05) is 18.2 Å². The van der Waals surface area contributed by atoms with Gasteiger partial charge in [-0.05, 0) is 48.4 Å². The first kappa shape index (κ1) is 21.1. The van der Waals surface area contributed by atoms with Gasteiger partial charge in [-0.3, -0.25) is 4.79 Å². The Morgan fingerprint density at radius 1 is 1.20 bits per heavy atom. The Labute approximate surface area is 186 Å². The molecule has 2 heterocycles. The first-order valence-electron chi connectivity index (χ1n) is 10.7. The first-order chi connectivity index (χ1) is 14.7. The van der Waals surface area contributed by atoms with Crippen molar-refractivity contribution in [3.63, 3.8) is 0 Å². The minimum Gasteiger partial charge on any atom is -0.325 e. The van der Waals surface area contributed by atoms with E-state index in [0.29, 0.717) is 11.8 Å². The number of hydrogen-bond acceptors (Lipinski definition) is 5. The van der Waals surface area contributed by atoms with E-state index < -0.39 is 0 Å². The number of anilines is 1. The fourth-order valence-electron chi connectivity index (χ4n) is 4.00. The summed E-state index contributed by atoms with van der Waals surface area (Å²) in [7, 11) is 0. The number of benzene rings is 1. The third-order valence-electron chi connectivity index (χ3n) is 5.54. The number of aromatic nitrogens is 3. The normalized spacial score (nSPS) is 14.7. The number of carbonyl (C=O) groups is 1. The second kappa shape index (κ2) is 10.3. The minimum atomic E-state index is -0.00810. The highest BCUT2D eigenvalue weighted by atomic mass is 32.2. The van der Waals surface area contributed by atoms with Crippen LogP contribution < -0.4 is 5.32 Å². The molecule has 1 aliphatic rings. The molecule has 1 aromatic carbocycles. The van der Waals surface area contributed by atoms with E-state index in [2.05, 4.69) is 50.6 Å². The molecule has 1 fully saturated rings. The maximum absolute atomic E-state index is 12.5. The van der Waals surface area contributed by atoms with Crippen molar-refractivity contribution < 1.29 is 4.79 Å². The number of thiophene rings is 1. The molecule has 1 N–H and O–H groups in total. The molecule has 5 nitrogen and oxygen atoms in total. The fraction of sp³-hybridized carbons (Fsp3) is 0.435. The molecule has 1 amide bonds. The summed E-state index contributed by atoms with van der Waals surface area (Å²) in [5.74, 6) is 1.34. The molecule has 30 heavy (non-hydrogen) atoms. The summed E-state index contributed by atoms with van der Waals surface area (Å²) in [4.78, 5) is 13.8. The van der Waals surface area contributed by atoms with Gasteiger partial charge in [0.15, 0.2) is 5.16 Å². The second-order valence-electron chi connectivity index (χ2n) is 7.71. The number of amides is 1. The molecule has 4 rings (SSSR count). The first-order valence-corrected chi connectivity index (χ1v) is 12.6. The summed E-state index contributed by atoms with van der Waals surface area (Å²) in [6.07, 6.45) is 7.89. The van der Waals surface area contributed by atoms with Crippen LogP contribution in [0.15, 0.2) is 46.9 Å². The Bertz CT molecular complexity index is 962. The SMILES string of the molecule is CCc1cccc(NC(=O)CSc2nnc(Cc3cccs3)n2C2CCCCC2)c1. The van der Waals surface area contributed by atoms with Crippen molar-refractivity contribution >= 4 is 34.7 Å². The van der Waals surface area contributed by atoms with Gasteiger partial charge in [0, 0.05) is 23.0 Å². The van der Waals surface area contributed by atoms with Crippen LogP contribution in [0.5, 0.6) is 0 Å². The third kappa shape index (κ3) is 5.32. The summed E-state index contributed by atoms with van der Waals surface area (Å²) in [6, 6.07) is 12.7. The van der Waals surface area contributed by atoms with E-state index >= 15 is 0 Å². The van der Waals surface area contributed by atoms with Crippen molar-refractivity contribution in [1.29, 1.82) is 0 Å². The molecular weight excluding hydrogens is 412 g/mol. The number of hydrogen-bond donors (Lipinski definition) is 1. The second-order valence-corrected chi connectivity index (χ2v) is 9.68. The number of carbonyl (C=O) groups excluding carboxylic acids is 1. The van der Waals surface area contributed by atoms with Crippen LogP contribution in [-0.4, -0.2) is 26.4 Å².